The first-order chi connectivity index (χ1) is 19.6. The summed E-state index contributed by atoms with van der Waals surface area (Å²) in [5, 5.41) is 0. The molecule has 3 aromatic rings. The van der Waals surface area contributed by atoms with E-state index in [1.807, 2.05) is 0 Å². The monoisotopic (exact) mass is 611 g/mol. The molecule has 1 aromatic heterocycles. The van der Waals surface area contributed by atoms with Gasteiger partial charge in [-0.25, -0.2) is 23.1 Å². The number of rotatable bonds is 5. The average molecular weight is 612 g/mol. The summed E-state index contributed by atoms with van der Waals surface area (Å²) in [7, 11) is 0. The molecule has 1 saturated heterocycles. The van der Waals surface area contributed by atoms with E-state index in [1.165, 1.54) is 18.5 Å². The number of carbonyl (C=O) groups excluding carboxylic acids is 1. The minimum Gasteiger partial charge on any atom is -0.451 e. The largest absolute Gasteiger partial charge is 0.451 e. The number of ether oxygens (including phenoxy) is 1. The fourth-order valence-corrected chi connectivity index (χ4v) is 6.18. The molecule has 14 heteroatoms. The van der Waals surface area contributed by atoms with Crippen LogP contribution in [0.3, 0.4) is 0 Å². The van der Waals surface area contributed by atoms with E-state index in [2.05, 4.69) is 9.97 Å². The van der Waals surface area contributed by atoms with E-state index in [1.54, 1.807) is 4.90 Å². The quantitative estimate of drug-likeness (QED) is 0.233. The topological polar surface area (TPSA) is 93.7 Å². The van der Waals surface area contributed by atoms with Crippen molar-refractivity contribution in [3.8, 4) is 11.5 Å². The normalized spacial score (nSPS) is 23.1. The van der Waals surface area contributed by atoms with E-state index in [-0.39, 0.29) is 52.9 Å². The molecule has 0 bridgehead atoms. The van der Waals surface area contributed by atoms with E-state index in [0.717, 1.165) is 18.9 Å². The number of carbonyl (C=O) groups is 1. The van der Waals surface area contributed by atoms with Crippen molar-refractivity contribution in [2.75, 3.05) is 18.8 Å². The van der Waals surface area contributed by atoms with Gasteiger partial charge >= 0.3 is 0 Å². The minimum absolute atomic E-state index is 0.000238. The third kappa shape index (κ3) is 4.76. The van der Waals surface area contributed by atoms with Crippen LogP contribution < -0.4 is 10.5 Å². The molecule has 7 nitrogen and oxygen atoms in total. The summed E-state index contributed by atoms with van der Waals surface area (Å²) in [5.74, 6) is -9.80. The number of alkyl halides is 2. The van der Waals surface area contributed by atoms with Crippen LogP contribution in [-0.2, 0) is 4.79 Å². The fourth-order valence-electron chi connectivity index (χ4n) is 5.90. The lowest BCUT2D eigenvalue weighted by Gasteiger charge is -2.33. The molecule has 2 aromatic carbocycles. The molecule has 3 aliphatic rings. The van der Waals surface area contributed by atoms with Crippen molar-refractivity contribution in [2.24, 2.45) is 16.8 Å². The Bertz CT molecular complexity index is 1580. The summed E-state index contributed by atoms with van der Waals surface area (Å²) >= 11 is 11.6. The summed E-state index contributed by atoms with van der Waals surface area (Å²) in [6.45, 7) is 0.991. The maximum Gasteiger partial charge on any atom is 0.255 e. The second-order valence-electron chi connectivity index (χ2n) is 10.1. The molecule has 214 valence electrons. The van der Waals surface area contributed by atoms with Gasteiger partial charge in [-0.1, -0.05) is 23.2 Å². The fraction of sp³-hybridized carbons (Fsp3) is 0.333. The first kappa shape index (κ1) is 27.6. The number of amides is 1. The van der Waals surface area contributed by atoms with Gasteiger partial charge in [0.2, 0.25) is 17.4 Å². The lowest BCUT2D eigenvalue weighted by molar-refractivity contribution is -0.131. The third-order valence-corrected chi connectivity index (χ3v) is 8.13. The Hall–Kier alpha value is -3.51. The van der Waals surface area contributed by atoms with Gasteiger partial charge in [0.05, 0.1) is 23.0 Å². The van der Waals surface area contributed by atoms with Crippen LogP contribution in [0.5, 0.6) is 11.5 Å². The second kappa shape index (κ2) is 10.4. The van der Waals surface area contributed by atoms with Gasteiger partial charge in [0.15, 0.2) is 16.5 Å². The summed E-state index contributed by atoms with van der Waals surface area (Å²) < 4.78 is 75.8. The second-order valence-corrected chi connectivity index (χ2v) is 11.2. The maximum absolute atomic E-state index is 15.5. The molecule has 0 radical (unpaired) electrons. The summed E-state index contributed by atoms with van der Waals surface area (Å²) in [6.07, 6.45) is 2.92. The molecule has 2 fully saturated rings. The first-order valence-electron chi connectivity index (χ1n) is 12.6. The Morgan fingerprint density at radius 3 is 2.46 bits per heavy atom. The molecule has 4 atom stereocenters. The van der Waals surface area contributed by atoms with Crippen LogP contribution in [-0.4, -0.2) is 50.5 Å². The van der Waals surface area contributed by atoms with Crippen molar-refractivity contribution >= 4 is 40.6 Å². The molecule has 2 aliphatic heterocycles. The number of nitrogens with two attached hydrogens (primary N) is 1. The summed E-state index contributed by atoms with van der Waals surface area (Å²) in [4.78, 5) is 26.2. The van der Waals surface area contributed by atoms with Crippen molar-refractivity contribution in [1.82, 2.24) is 14.9 Å². The molecule has 1 aliphatic carbocycles. The predicted molar refractivity (Wildman–Crippen MR) is 140 cm³/mol. The number of halogens is 7. The standard InChI is InChI=1S/C27H20Cl2F5N5O2/c28-25(29)27(40)39-5-1-2-10(8-39)16-17-22-18(26(35)37-9-36-22)21(38-23(16)17)12-4-3-11(6-13(12)30)41-24-19(33)14(31)7-15(32)20(24)34/h3-4,6-7,9-10,16-17,23,25H,1-2,5,8H2,(H2,35,36,37)/t10-,16?,17?,23?/m1/s1. The van der Waals surface area contributed by atoms with Gasteiger partial charge in [-0.3, -0.25) is 9.79 Å². The predicted octanol–water partition coefficient (Wildman–Crippen LogP) is 5.52. The van der Waals surface area contributed by atoms with E-state index in [4.69, 9.17) is 38.7 Å². The van der Waals surface area contributed by atoms with Crippen LogP contribution in [0.25, 0.3) is 0 Å². The Balaban J connectivity index is 1.32. The van der Waals surface area contributed by atoms with E-state index < -0.39 is 45.4 Å². The van der Waals surface area contributed by atoms with Gasteiger partial charge in [0.25, 0.3) is 5.91 Å². The zero-order valence-electron chi connectivity index (χ0n) is 20.9. The molecule has 1 saturated carbocycles. The van der Waals surface area contributed by atoms with Gasteiger partial charge in [-0.2, -0.15) is 8.78 Å². The Morgan fingerprint density at radius 2 is 1.78 bits per heavy atom. The van der Waals surface area contributed by atoms with Crippen LogP contribution in [0.1, 0.15) is 35.6 Å². The first-order valence-corrected chi connectivity index (χ1v) is 13.5. The highest BCUT2D eigenvalue weighted by Gasteiger charge is 2.59. The minimum atomic E-state index is -1.76. The van der Waals surface area contributed by atoms with Gasteiger partial charge in [0, 0.05) is 36.7 Å². The van der Waals surface area contributed by atoms with Crippen LogP contribution in [0.15, 0.2) is 35.6 Å². The van der Waals surface area contributed by atoms with Crippen molar-refractivity contribution in [3.05, 3.63) is 76.5 Å². The summed E-state index contributed by atoms with van der Waals surface area (Å²) in [5.41, 5.74) is 7.34. The Kier molecular flexibility index (Phi) is 7.01. The highest BCUT2D eigenvalue weighted by atomic mass is 35.5. The highest BCUT2D eigenvalue weighted by molar-refractivity contribution is 6.53. The van der Waals surface area contributed by atoms with Crippen LogP contribution in [0.2, 0.25) is 0 Å². The molecule has 0 spiro atoms. The SMILES string of the molecule is Nc1ncnc2c1C(c1ccc(Oc3c(F)c(F)cc(F)c3F)cc1F)=NC1C2C1[C@@H]1CCCN(C(=O)C(Cl)Cl)C1. The molecule has 6 rings (SSSR count). The van der Waals surface area contributed by atoms with Crippen LogP contribution >= 0.6 is 23.2 Å². The number of fused-ring (bicyclic) bond motifs is 3. The van der Waals surface area contributed by atoms with Gasteiger partial charge in [-0.05, 0) is 36.8 Å². The zero-order chi connectivity index (χ0) is 29.2. The number of hydrogen-bond donors (Lipinski definition) is 1. The van der Waals surface area contributed by atoms with Gasteiger partial charge in [-0.15, -0.1) is 0 Å². The molecule has 3 heterocycles. The van der Waals surface area contributed by atoms with Crippen molar-refractivity contribution < 1.29 is 31.5 Å². The maximum atomic E-state index is 15.5. The summed E-state index contributed by atoms with van der Waals surface area (Å²) in [6, 6.07) is 3.03. The van der Waals surface area contributed by atoms with Crippen LogP contribution in [0.4, 0.5) is 27.8 Å². The number of aliphatic imine (C=N–C) groups is 1. The van der Waals surface area contributed by atoms with Gasteiger partial charge < -0.3 is 15.4 Å². The van der Waals surface area contributed by atoms with Crippen molar-refractivity contribution in [2.45, 2.75) is 29.6 Å². The molecule has 1 amide bonds. The van der Waals surface area contributed by atoms with Gasteiger partial charge in [0.1, 0.15) is 23.7 Å². The van der Waals surface area contributed by atoms with Crippen LogP contribution in [0, 0.1) is 40.9 Å². The van der Waals surface area contributed by atoms with E-state index >= 15 is 4.39 Å². The number of benzene rings is 2. The number of nitrogens with zero attached hydrogens (tertiary/aromatic N) is 4. The number of likely N-dealkylation sites (tertiary alicyclic amines) is 1. The lowest BCUT2D eigenvalue weighted by atomic mass is 9.90. The number of hydrogen-bond acceptors (Lipinski definition) is 6. The number of anilines is 1. The zero-order valence-corrected chi connectivity index (χ0v) is 22.4. The lowest BCUT2D eigenvalue weighted by Crippen LogP contribution is -2.43. The average Bonchev–Trinajstić information content (AvgIpc) is 3.68. The number of nitrogen functional groups attached to an aromatic ring is 1. The molecular weight excluding hydrogens is 592 g/mol. The Labute approximate surface area is 240 Å². The number of aromatic nitrogens is 2. The highest BCUT2D eigenvalue weighted by Crippen LogP contribution is 2.59. The Morgan fingerprint density at radius 1 is 1.05 bits per heavy atom. The molecule has 41 heavy (non-hydrogen) atoms. The molecule has 3 unspecified atom stereocenters. The molecular formula is C27H20Cl2F5N5O2. The smallest absolute Gasteiger partial charge is 0.255 e. The third-order valence-electron chi connectivity index (χ3n) is 7.76. The number of piperidine rings is 1. The van der Waals surface area contributed by atoms with Crippen molar-refractivity contribution in [3.63, 3.8) is 0 Å². The van der Waals surface area contributed by atoms with E-state index in [0.29, 0.717) is 24.3 Å². The van der Waals surface area contributed by atoms with E-state index in [9.17, 15) is 22.4 Å². The van der Waals surface area contributed by atoms with Crippen molar-refractivity contribution in [1.29, 1.82) is 0 Å². The molecule has 2 N–H and O–H groups in total.